The molecular weight excluding hydrogens is 401 g/mol. The molecule has 2 N–H and O–H groups in total. The highest BCUT2D eigenvalue weighted by molar-refractivity contribution is 7.89. The third kappa shape index (κ3) is 4.44. The van der Waals surface area contributed by atoms with E-state index in [1.54, 1.807) is 37.4 Å². The molecule has 3 aromatic rings. The minimum Gasteiger partial charge on any atom is -0.298 e. The van der Waals surface area contributed by atoms with Crippen molar-refractivity contribution in [3.8, 4) is 11.3 Å². The Morgan fingerprint density at radius 3 is 2.57 bits per heavy atom. The lowest BCUT2D eigenvalue weighted by Gasteiger charge is -2.09. The molecule has 0 saturated carbocycles. The van der Waals surface area contributed by atoms with Gasteiger partial charge in [0.2, 0.25) is 10.0 Å². The number of rotatable bonds is 6. The fraction of sp³-hybridized carbons (Fsp3) is 0.158. The van der Waals surface area contributed by atoms with Crippen molar-refractivity contribution in [1.82, 2.24) is 9.71 Å². The number of halogens is 1. The van der Waals surface area contributed by atoms with E-state index in [1.165, 1.54) is 35.6 Å². The van der Waals surface area contributed by atoms with Crippen LogP contribution in [0.15, 0.2) is 52.7 Å². The number of amides is 1. The Bertz CT molecular complexity index is 1110. The molecule has 0 unspecified atom stereocenters. The van der Waals surface area contributed by atoms with E-state index in [0.29, 0.717) is 16.4 Å². The van der Waals surface area contributed by atoms with Gasteiger partial charge in [0.05, 0.1) is 10.6 Å². The first-order chi connectivity index (χ1) is 13.3. The van der Waals surface area contributed by atoms with Crippen molar-refractivity contribution < 1.29 is 17.6 Å². The van der Waals surface area contributed by atoms with Crippen LogP contribution >= 0.6 is 11.3 Å². The van der Waals surface area contributed by atoms with E-state index < -0.39 is 15.9 Å². The number of benzene rings is 2. The summed E-state index contributed by atoms with van der Waals surface area (Å²) in [6.45, 7) is 3.66. The standard InChI is InChI=1S/C19H18FN3O3S2/c1-3-21-28(25,26)15-9-4-12(2)16(10-15)18(24)23-19-22-17(11-27-19)13-5-7-14(20)8-6-13/h4-11,21H,3H2,1-2H3,(H,22,23,24). The van der Waals surface area contributed by atoms with Crippen molar-refractivity contribution in [3.63, 3.8) is 0 Å². The summed E-state index contributed by atoms with van der Waals surface area (Å²) >= 11 is 1.23. The van der Waals surface area contributed by atoms with Crippen LogP contribution in [0.2, 0.25) is 0 Å². The Hall–Kier alpha value is -2.62. The minimum absolute atomic E-state index is 0.0243. The number of nitrogens with one attached hydrogen (secondary N) is 2. The van der Waals surface area contributed by atoms with Gasteiger partial charge in [-0.1, -0.05) is 13.0 Å². The molecule has 2 aromatic carbocycles. The van der Waals surface area contributed by atoms with Crippen LogP contribution in [0.25, 0.3) is 11.3 Å². The summed E-state index contributed by atoms with van der Waals surface area (Å²) in [5.41, 5.74) is 2.23. The molecule has 28 heavy (non-hydrogen) atoms. The molecule has 0 fully saturated rings. The van der Waals surface area contributed by atoms with Crippen molar-refractivity contribution in [2.24, 2.45) is 0 Å². The number of thiazole rings is 1. The van der Waals surface area contributed by atoms with Crippen LogP contribution in [0.4, 0.5) is 9.52 Å². The molecule has 146 valence electrons. The molecule has 0 saturated heterocycles. The first kappa shape index (κ1) is 20.1. The Balaban J connectivity index is 1.83. The predicted molar refractivity (Wildman–Crippen MR) is 108 cm³/mol. The van der Waals surface area contributed by atoms with Gasteiger partial charge >= 0.3 is 0 Å². The van der Waals surface area contributed by atoms with Gasteiger partial charge in [-0.25, -0.2) is 22.5 Å². The predicted octanol–water partition coefficient (Wildman–Crippen LogP) is 3.81. The number of sulfonamides is 1. The molecule has 0 atom stereocenters. The highest BCUT2D eigenvalue weighted by Gasteiger charge is 2.18. The van der Waals surface area contributed by atoms with Crippen LogP contribution < -0.4 is 10.0 Å². The molecule has 0 aliphatic rings. The summed E-state index contributed by atoms with van der Waals surface area (Å²) < 4.78 is 39.8. The van der Waals surface area contributed by atoms with Crippen LogP contribution in [-0.2, 0) is 10.0 Å². The first-order valence-electron chi connectivity index (χ1n) is 8.43. The molecule has 0 spiro atoms. The number of hydrogen-bond donors (Lipinski definition) is 2. The number of hydrogen-bond acceptors (Lipinski definition) is 5. The number of aromatic nitrogens is 1. The van der Waals surface area contributed by atoms with E-state index in [9.17, 15) is 17.6 Å². The highest BCUT2D eigenvalue weighted by atomic mass is 32.2. The van der Waals surface area contributed by atoms with Crippen molar-refractivity contribution in [3.05, 3.63) is 64.8 Å². The molecule has 6 nitrogen and oxygen atoms in total. The SMILES string of the molecule is CCNS(=O)(=O)c1ccc(C)c(C(=O)Nc2nc(-c3ccc(F)cc3)cs2)c1. The molecular formula is C19H18FN3O3S2. The third-order valence-corrected chi connectivity index (χ3v) is 6.26. The first-order valence-corrected chi connectivity index (χ1v) is 10.8. The number of nitrogens with zero attached hydrogens (tertiary/aromatic N) is 1. The monoisotopic (exact) mass is 419 g/mol. The van der Waals surface area contributed by atoms with E-state index in [0.717, 1.165) is 5.56 Å². The zero-order chi connectivity index (χ0) is 20.3. The third-order valence-electron chi connectivity index (χ3n) is 3.96. The maximum absolute atomic E-state index is 13.0. The second kappa shape index (κ2) is 8.17. The maximum Gasteiger partial charge on any atom is 0.257 e. The van der Waals surface area contributed by atoms with Crippen molar-refractivity contribution in [1.29, 1.82) is 0 Å². The molecule has 0 aliphatic heterocycles. The quantitative estimate of drug-likeness (QED) is 0.636. The lowest BCUT2D eigenvalue weighted by atomic mass is 10.1. The van der Waals surface area contributed by atoms with Crippen molar-refractivity contribution in [2.45, 2.75) is 18.7 Å². The lowest BCUT2D eigenvalue weighted by Crippen LogP contribution is -2.24. The topological polar surface area (TPSA) is 88.2 Å². The van der Waals surface area contributed by atoms with Gasteiger partial charge in [0.25, 0.3) is 5.91 Å². The van der Waals surface area contributed by atoms with E-state index in [4.69, 9.17) is 0 Å². The van der Waals surface area contributed by atoms with Gasteiger partial charge in [-0.2, -0.15) is 0 Å². The fourth-order valence-electron chi connectivity index (χ4n) is 2.54. The molecule has 0 bridgehead atoms. The number of aryl methyl sites for hydroxylation is 1. The smallest absolute Gasteiger partial charge is 0.257 e. The largest absolute Gasteiger partial charge is 0.298 e. The van der Waals surface area contributed by atoms with Gasteiger partial charge < -0.3 is 0 Å². The Morgan fingerprint density at radius 2 is 1.89 bits per heavy atom. The number of carbonyl (C=O) groups excluding carboxylic acids is 1. The van der Waals surface area contributed by atoms with Gasteiger partial charge in [0.1, 0.15) is 5.82 Å². The average molecular weight is 420 g/mol. The molecule has 1 aromatic heterocycles. The van der Waals surface area contributed by atoms with Crippen molar-refractivity contribution in [2.75, 3.05) is 11.9 Å². The van der Waals surface area contributed by atoms with Crippen molar-refractivity contribution >= 4 is 32.4 Å². The minimum atomic E-state index is -3.67. The van der Waals surface area contributed by atoms with Crippen LogP contribution in [0.3, 0.4) is 0 Å². The van der Waals surface area contributed by atoms with Gasteiger partial charge in [-0.3, -0.25) is 10.1 Å². The molecule has 0 radical (unpaired) electrons. The Labute approximate surface area is 166 Å². The second-order valence-electron chi connectivity index (χ2n) is 5.98. The van der Waals surface area contributed by atoms with Crippen LogP contribution in [0.5, 0.6) is 0 Å². The normalized spacial score (nSPS) is 11.4. The molecule has 1 amide bonds. The lowest BCUT2D eigenvalue weighted by molar-refractivity contribution is 0.102. The zero-order valence-electron chi connectivity index (χ0n) is 15.2. The number of carbonyl (C=O) groups is 1. The van der Waals surface area contributed by atoms with Gasteiger partial charge in [0, 0.05) is 23.1 Å². The highest BCUT2D eigenvalue weighted by Crippen LogP contribution is 2.26. The maximum atomic E-state index is 13.0. The summed E-state index contributed by atoms with van der Waals surface area (Å²) in [6.07, 6.45) is 0. The summed E-state index contributed by atoms with van der Waals surface area (Å²) in [7, 11) is -3.67. The zero-order valence-corrected chi connectivity index (χ0v) is 16.8. The Morgan fingerprint density at radius 1 is 1.18 bits per heavy atom. The van der Waals surface area contributed by atoms with Gasteiger partial charge in [0.15, 0.2) is 5.13 Å². The average Bonchev–Trinajstić information content (AvgIpc) is 3.10. The Kier molecular flexibility index (Phi) is 5.87. The van der Waals surface area contributed by atoms with Crippen LogP contribution in [-0.4, -0.2) is 25.9 Å². The van der Waals surface area contributed by atoms with E-state index in [-0.39, 0.29) is 22.8 Å². The number of anilines is 1. The van der Waals surface area contributed by atoms with E-state index in [1.807, 2.05) is 0 Å². The summed E-state index contributed by atoms with van der Waals surface area (Å²) in [4.78, 5) is 17.0. The van der Waals surface area contributed by atoms with E-state index >= 15 is 0 Å². The molecule has 0 aliphatic carbocycles. The molecule has 1 heterocycles. The van der Waals surface area contributed by atoms with E-state index in [2.05, 4.69) is 15.0 Å². The van der Waals surface area contributed by atoms with Gasteiger partial charge in [-0.05, 0) is 48.9 Å². The van der Waals surface area contributed by atoms with Gasteiger partial charge in [-0.15, -0.1) is 11.3 Å². The fourth-order valence-corrected chi connectivity index (χ4v) is 4.32. The molecule has 3 rings (SSSR count). The summed E-state index contributed by atoms with van der Waals surface area (Å²) in [5.74, 6) is -0.790. The van der Waals surface area contributed by atoms with Crippen LogP contribution in [0.1, 0.15) is 22.8 Å². The summed E-state index contributed by atoms with van der Waals surface area (Å²) in [6, 6.07) is 10.3. The second-order valence-corrected chi connectivity index (χ2v) is 8.60. The van der Waals surface area contributed by atoms with Crippen LogP contribution in [0, 0.1) is 12.7 Å². The summed E-state index contributed by atoms with van der Waals surface area (Å²) in [5, 5.41) is 4.81. The molecule has 9 heteroatoms.